The van der Waals surface area contributed by atoms with Gasteiger partial charge in [0.05, 0.1) is 5.69 Å². The van der Waals surface area contributed by atoms with Crippen molar-refractivity contribution in [1.82, 2.24) is 4.98 Å². The third-order valence-electron chi connectivity index (χ3n) is 3.88. The Kier molecular flexibility index (Phi) is 6.41. The molecule has 142 valence electrons. The highest BCUT2D eigenvalue weighted by molar-refractivity contribution is 7.98. The van der Waals surface area contributed by atoms with Crippen molar-refractivity contribution < 1.29 is 14.3 Å². The number of amides is 1. The number of phenolic OH excluding ortho intramolecular Hbond substituents is 1. The first-order chi connectivity index (χ1) is 13.5. The molecule has 7 heteroatoms. The number of pyridine rings is 1. The van der Waals surface area contributed by atoms with Crippen molar-refractivity contribution in [3.8, 4) is 5.75 Å². The van der Waals surface area contributed by atoms with E-state index in [0.29, 0.717) is 11.3 Å². The van der Waals surface area contributed by atoms with Crippen LogP contribution in [0.2, 0.25) is 0 Å². The molecule has 0 saturated heterocycles. The van der Waals surface area contributed by atoms with Crippen molar-refractivity contribution in [3.63, 3.8) is 0 Å². The molecule has 0 radical (unpaired) electrons. The number of hydrogen-bond acceptors (Lipinski definition) is 5. The molecule has 0 spiro atoms. The van der Waals surface area contributed by atoms with Crippen LogP contribution in [0.15, 0.2) is 78.0 Å². The molecular weight excluding hydrogens is 377 g/mol. The molecular formula is C21H18FN3O2S. The largest absolute Gasteiger partial charge is 0.505 e. The van der Waals surface area contributed by atoms with Crippen LogP contribution in [0.5, 0.6) is 5.75 Å². The number of hydrogen-bond donors (Lipinski definition) is 2. The van der Waals surface area contributed by atoms with Gasteiger partial charge in [-0.25, -0.2) is 15.2 Å². The minimum atomic E-state index is -0.718. The molecule has 1 heterocycles. The van der Waals surface area contributed by atoms with E-state index < -0.39 is 17.5 Å². The highest BCUT2D eigenvalue weighted by Crippen LogP contribution is 2.26. The molecule has 0 fully saturated rings. The maximum absolute atomic E-state index is 13.1. The van der Waals surface area contributed by atoms with Crippen LogP contribution in [-0.4, -0.2) is 16.0 Å². The second kappa shape index (κ2) is 9.16. The summed E-state index contributed by atoms with van der Waals surface area (Å²) in [5, 5.41) is 10.4. The molecule has 3 aromatic rings. The summed E-state index contributed by atoms with van der Waals surface area (Å²) in [7, 11) is 0. The molecule has 0 unspecified atom stereocenters. The fourth-order valence-corrected chi connectivity index (χ4v) is 3.28. The van der Waals surface area contributed by atoms with E-state index >= 15 is 0 Å². The lowest BCUT2D eigenvalue weighted by molar-refractivity contribution is -0.114. The van der Waals surface area contributed by atoms with Gasteiger partial charge in [-0.1, -0.05) is 12.1 Å². The monoisotopic (exact) mass is 395 g/mol. The molecule has 2 aromatic carbocycles. The predicted octanol–water partition coefficient (Wildman–Crippen LogP) is 4.14. The third-order valence-corrected chi connectivity index (χ3v) is 4.94. The quantitative estimate of drug-likeness (QED) is 0.216. The standard InChI is InChI=1S/C21H18FN3O2S/c22-19-6-4-15(12-20(19)26)5-7-21(27)25(23)17-2-1-3-18(13-17)28-14-16-8-10-24-11-9-16/h1-13,26H,14,23H2/b7-5+. The third kappa shape index (κ3) is 5.18. The Morgan fingerprint density at radius 3 is 2.71 bits per heavy atom. The Morgan fingerprint density at radius 1 is 1.18 bits per heavy atom. The topological polar surface area (TPSA) is 79.5 Å². The van der Waals surface area contributed by atoms with Gasteiger partial charge in [0, 0.05) is 29.1 Å². The van der Waals surface area contributed by atoms with Gasteiger partial charge in [0.1, 0.15) is 0 Å². The number of rotatable bonds is 6. The van der Waals surface area contributed by atoms with Gasteiger partial charge in [0.25, 0.3) is 5.91 Å². The smallest absolute Gasteiger partial charge is 0.265 e. The first-order valence-corrected chi connectivity index (χ1v) is 9.38. The molecule has 0 atom stereocenters. The number of anilines is 1. The number of aromatic nitrogens is 1. The van der Waals surface area contributed by atoms with Crippen LogP contribution >= 0.6 is 11.8 Å². The van der Waals surface area contributed by atoms with Crippen LogP contribution in [0.25, 0.3) is 6.08 Å². The molecule has 0 bridgehead atoms. The summed E-state index contributed by atoms with van der Waals surface area (Å²) in [4.78, 5) is 17.3. The van der Waals surface area contributed by atoms with Crippen LogP contribution < -0.4 is 10.9 Å². The number of phenols is 1. The summed E-state index contributed by atoms with van der Waals surface area (Å²) < 4.78 is 13.1. The molecule has 0 aliphatic rings. The first kappa shape index (κ1) is 19.6. The maximum atomic E-state index is 13.1. The van der Waals surface area contributed by atoms with Crippen LogP contribution in [0.1, 0.15) is 11.1 Å². The van der Waals surface area contributed by atoms with Crippen molar-refractivity contribution >= 4 is 29.4 Å². The minimum Gasteiger partial charge on any atom is -0.505 e. The van der Waals surface area contributed by atoms with E-state index in [1.165, 1.54) is 24.3 Å². The Morgan fingerprint density at radius 2 is 1.96 bits per heavy atom. The zero-order chi connectivity index (χ0) is 19.9. The highest BCUT2D eigenvalue weighted by atomic mass is 32.2. The van der Waals surface area contributed by atoms with Crippen molar-refractivity contribution in [2.24, 2.45) is 5.84 Å². The van der Waals surface area contributed by atoms with E-state index in [9.17, 15) is 14.3 Å². The number of nitrogens with zero attached hydrogens (tertiary/aromatic N) is 2. The summed E-state index contributed by atoms with van der Waals surface area (Å²) in [6.45, 7) is 0. The lowest BCUT2D eigenvalue weighted by atomic mass is 10.2. The van der Waals surface area contributed by atoms with Gasteiger partial charge in [-0.3, -0.25) is 9.78 Å². The lowest BCUT2D eigenvalue weighted by Crippen LogP contribution is -2.36. The molecule has 0 aliphatic carbocycles. The summed E-state index contributed by atoms with van der Waals surface area (Å²) in [6, 6.07) is 15.1. The summed E-state index contributed by atoms with van der Waals surface area (Å²) in [5.41, 5.74) is 2.19. The van der Waals surface area contributed by atoms with Crippen LogP contribution in [-0.2, 0) is 10.5 Å². The molecule has 3 rings (SSSR count). The number of nitrogens with two attached hydrogens (primary N) is 1. The molecule has 1 amide bonds. The van der Waals surface area contributed by atoms with Crippen molar-refractivity contribution in [2.75, 3.05) is 5.01 Å². The van der Waals surface area contributed by atoms with Gasteiger partial charge < -0.3 is 5.11 Å². The Balaban J connectivity index is 1.65. The van der Waals surface area contributed by atoms with Crippen molar-refractivity contribution in [1.29, 1.82) is 0 Å². The van der Waals surface area contributed by atoms with E-state index in [-0.39, 0.29) is 0 Å². The molecule has 28 heavy (non-hydrogen) atoms. The number of hydrazine groups is 1. The Bertz CT molecular complexity index is 996. The fourth-order valence-electron chi connectivity index (χ4n) is 2.38. The summed E-state index contributed by atoms with van der Waals surface area (Å²) in [5.74, 6) is 5.08. The Hall–Kier alpha value is -3.16. The van der Waals surface area contributed by atoms with Crippen LogP contribution in [0.3, 0.4) is 0 Å². The second-order valence-electron chi connectivity index (χ2n) is 5.89. The van der Waals surface area contributed by atoms with Crippen molar-refractivity contribution in [3.05, 3.63) is 90.0 Å². The molecule has 0 aliphatic heterocycles. The number of carbonyl (C=O) groups excluding carboxylic acids is 1. The minimum absolute atomic E-state index is 0.444. The second-order valence-corrected chi connectivity index (χ2v) is 6.94. The van der Waals surface area contributed by atoms with E-state index in [1.54, 1.807) is 30.2 Å². The van der Waals surface area contributed by atoms with Gasteiger partial charge in [-0.15, -0.1) is 11.8 Å². The van der Waals surface area contributed by atoms with Gasteiger partial charge in [-0.2, -0.15) is 0 Å². The molecule has 3 N–H and O–H groups in total. The van der Waals surface area contributed by atoms with E-state index in [2.05, 4.69) is 4.98 Å². The van der Waals surface area contributed by atoms with Gasteiger partial charge >= 0.3 is 0 Å². The Labute approximate surface area is 166 Å². The average molecular weight is 395 g/mol. The van der Waals surface area contributed by atoms with E-state index in [4.69, 9.17) is 5.84 Å². The van der Waals surface area contributed by atoms with E-state index in [0.717, 1.165) is 27.3 Å². The zero-order valence-corrected chi connectivity index (χ0v) is 15.6. The average Bonchev–Trinajstić information content (AvgIpc) is 2.73. The molecule has 5 nitrogen and oxygen atoms in total. The molecule has 0 saturated carbocycles. The normalized spacial score (nSPS) is 10.9. The first-order valence-electron chi connectivity index (χ1n) is 8.40. The summed E-state index contributed by atoms with van der Waals surface area (Å²) in [6.07, 6.45) is 6.23. The lowest BCUT2D eigenvalue weighted by Gasteiger charge is -2.15. The zero-order valence-electron chi connectivity index (χ0n) is 14.8. The highest BCUT2D eigenvalue weighted by Gasteiger charge is 2.10. The predicted molar refractivity (Wildman–Crippen MR) is 109 cm³/mol. The number of carbonyl (C=O) groups is 1. The van der Waals surface area contributed by atoms with Crippen LogP contribution in [0.4, 0.5) is 10.1 Å². The SMILES string of the molecule is NN(C(=O)/C=C/c1ccc(F)c(O)c1)c1cccc(SCc2ccncc2)c1. The number of benzene rings is 2. The molecule has 1 aromatic heterocycles. The fraction of sp³-hybridized carbons (Fsp3) is 0.0476. The summed E-state index contributed by atoms with van der Waals surface area (Å²) >= 11 is 1.63. The van der Waals surface area contributed by atoms with Gasteiger partial charge in [0.15, 0.2) is 11.6 Å². The number of halogens is 1. The van der Waals surface area contributed by atoms with Gasteiger partial charge in [0.2, 0.25) is 0 Å². The number of aromatic hydroxyl groups is 1. The van der Waals surface area contributed by atoms with Gasteiger partial charge in [-0.05, 0) is 59.7 Å². The maximum Gasteiger partial charge on any atom is 0.265 e. The number of thioether (sulfide) groups is 1. The van der Waals surface area contributed by atoms with E-state index in [1.807, 2.05) is 30.3 Å². The van der Waals surface area contributed by atoms with Crippen LogP contribution in [0, 0.1) is 5.82 Å². The van der Waals surface area contributed by atoms with Crippen molar-refractivity contribution in [2.45, 2.75) is 10.6 Å².